The molecule has 0 saturated carbocycles. The van der Waals surface area contributed by atoms with Crippen LogP contribution in [-0.2, 0) is 9.84 Å². The second-order valence-corrected chi connectivity index (χ2v) is 8.07. The Bertz CT molecular complexity index is 834. The van der Waals surface area contributed by atoms with Gasteiger partial charge in [-0.05, 0) is 49.8 Å². The molecule has 3 nitrogen and oxygen atoms in total. The lowest BCUT2D eigenvalue weighted by molar-refractivity contribution is 0.107. The maximum atomic E-state index is 12.7. The Balaban J connectivity index is 2.10. The van der Waals surface area contributed by atoms with Crippen molar-refractivity contribution < 1.29 is 13.2 Å². The lowest BCUT2D eigenvalue weighted by Crippen LogP contribution is -2.32. The maximum Gasteiger partial charge on any atom is 0.206 e. The van der Waals surface area contributed by atoms with Crippen LogP contribution >= 0.6 is 0 Å². The topological polar surface area (TPSA) is 43.4 Å². The normalized spacial score (nSPS) is 16.7. The first-order valence-electron chi connectivity index (χ1n) is 7.11. The molecule has 4 heteroatoms. The summed E-state index contributed by atoms with van der Waals surface area (Å²) in [5, 5.41) is 0. The number of fused-ring (bicyclic) bond motifs is 1. The fourth-order valence-electron chi connectivity index (χ4n) is 2.72. The molecule has 0 amide bonds. The van der Waals surface area contributed by atoms with Gasteiger partial charge in [0.25, 0.3) is 0 Å². The lowest BCUT2D eigenvalue weighted by Gasteiger charge is -2.34. The monoisotopic (exact) mass is 314 g/mol. The highest BCUT2D eigenvalue weighted by Gasteiger charge is 2.30. The molecule has 1 aliphatic rings. The van der Waals surface area contributed by atoms with Crippen LogP contribution in [-0.4, -0.2) is 14.0 Å². The Hall–Kier alpha value is -2.07. The highest BCUT2D eigenvalue weighted by Crippen LogP contribution is 2.40. The molecular formula is C18H18O3S. The molecular weight excluding hydrogens is 296 g/mol. The van der Waals surface area contributed by atoms with Crippen LogP contribution in [0.3, 0.4) is 0 Å². The molecule has 0 fully saturated rings. The molecule has 0 atom stereocenters. The van der Waals surface area contributed by atoms with E-state index >= 15 is 0 Å². The van der Waals surface area contributed by atoms with Crippen molar-refractivity contribution in [2.24, 2.45) is 0 Å². The summed E-state index contributed by atoms with van der Waals surface area (Å²) in [7, 11) is -3.54. The van der Waals surface area contributed by atoms with Gasteiger partial charge >= 0.3 is 0 Å². The predicted molar refractivity (Wildman–Crippen MR) is 86.7 cm³/mol. The molecule has 1 heterocycles. The number of ether oxygens (including phenoxy) is 1. The molecule has 0 aliphatic carbocycles. The molecule has 0 radical (unpaired) electrons. The van der Waals surface area contributed by atoms with Crippen LogP contribution in [0.1, 0.15) is 25.8 Å². The standard InChI is InChI=1S/C18H18O3S/c1-13-12-18(2,3)21-17-11-15(9-10-16(13)17)22(19,20)14-7-5-4-6-8-14/h4-11H,1,12H2,2-3H3. The third-order valence-electron chi connectivity index (χ3n) is 3.72. The fraction of sp³-hybridized carbons (Fsp3) is 0.222. The van der Waals surface area contributed by atoms with Gasteiger partial charge in [-0.1, -0.05) is 24.8 Å². The van der Waals surface area contributed by atoms with E-state index in [1.54, 1.807) is 48.5 Å². The van der Waals surface area contributed by atoms with Gasteiger partial charge < -0.3 is 4.74 Å². The van der Waals surface area contributed by atoms with Crippen molar-refractivity contribution in [3.63, 3.8) is 0 Å². The summed E-state index contributed by atoms with van der Waals surface area (Å²) in [5.41, 5.74) is 1.47. The Morgan fingerprint density at radius 2 is 1.73 bits per heavy atom. The van der Waals surface area contributed by atoms with Crippen molar-refractivity contribution >= 4 is 15.4 Å². The SMILES string of the molecule is C=C1CC(C)(C)Oc2cc(S(=O)(=O)c3ccccc3)ccc21. The largest absolute Gasteiger partial charge is 0.487 e. The van der Waals surface area contributed by atoms with E-state index in [0.29, 0.717) is 5.75 Å². The fourth-order valence-corrected chi connectivity index (χ4v) is 4.02. The van der Waals surface area contributed by atoms with Crippen molar-refractivity contribution in [2.45, 2.75) is 35.7 Å². The van der Waals surface area contributed by atoms with E-state index in [1.807, 2.05) is 13.8 Å². The summed E-state index contributed by atoms with van der Waals surface area (Å²) >= 11 is 0. The van der Waals surface area contributed by atoms with Crippen LogP contribution in [0, 0.1) is 0 Å². The maximum absolute atomic E-state index is 12.7. The minimum Gasteiger partial charge on any atom is -0.487 e. The molecule has 0 spiro atoms. The van der Waals surface area contributed by atoms with E-state index in [2.05, 4.69) is 6.58 Å². The third-order valence-corrected chi connectivity index (χ3v) is 5.49. The molecule has 2 aromatic carbocycles. The second kappa shape index (κ2) is 4.99. The number of hydrogen-bond acceptors (Lipinski definition) is 3. The quantitative estimate of drug-likeness (QED) is 0.838. The number of hydrogen-bond donors (Lipinski definition) is 0. The summed E-state index contributed by atoms with van der Waals surface area (Å²) in [6, 6.07) is 13.4. The first kappa shape index (κ1) is 14.9. The van der Waals surface area contributed by atoms with Crippen LogP contribution in [0.15, 0.2) is 64.9 Å². The van der Waals surface area contributed by atoms with Gasteiger partial charge in [-0.3, -0.25) is 0 Å². The van der Waals surface area contributed by atoms with Gasteiger partial charge in [0.2, 0.25) is 9.84 Å². The van der Waals surface area contributed by atoms with E-state index in [9.17, 15) is 8.42 Å². The third kappa shape index (κ3) is 2.55. The Morgan fingerprint density at radius 3 is 2.41 bits per heavy atom. The van der Waals surface area contributed by atoms with Crippen molar-refractivity contribution in [3.8, 4) is 5.75 Å². The second-order valence-electron chi connectivity index (χ2n) is 6.12. The first-order chi connectivity index (χ1) is 10.3. The molecule has 2 aromatic rings. The summed E-state index contributed by atoms with van der Waals surface area (Å²) in [6.45, 7) is 8.02. The van der Waals surface area contributed by atoms with Gasteiger partial charge in [-0.2, -0.15) is 0 Å². The molecule has 0 bridgehead atoms. The van der Waals surface area contributed by atoms with Gasteiger partial charge in [0, 0.05) is 12.0 Å². The van der Waals surface area contributed by atoms with E-state index in [-0.39, 0.29) is 15.4 Å². The van der Waals surface area contributed by atoms with E-state index in [0.717, 1.165) is 17.6 Å². The van der Waals surface area contributed by atoms with Gasteiger partial charge in [-0.15, -0.1) is 0 Å². The predicted octanol–water partition coefficient (Wildman–Crippen LogP) is 4.09. The first-order valence-corrected chi connectivity index (χ1v) is 8.59. The van der Waals surface area contributed by atoms with Gasteiger partial charge in [0.1, 0.15) is 11.4 Å². The van der Waals surface area contributed by atoms with Crippen molar-refractivity contribution in [2.75, 3.05) is 0 Å². The van der Waals surface area contributed by atoms with Gasteiger partial charge in [-0.25, -0.2) is 8.42 Å². The number of sulfone groups is 1. The van der Waals surface area contributed by atoms with E-state index in [4.69, 9.17) is 4.74 Å². The Labute approximate surface area is 131 Å². The van der Waals surface area contributed by atoms with Crippen molar-refractivity contribution in [3.05, 3.63) is 60.7 Å². The molecule has 0 N–H and O–H groups in total. The lowest BCUT2D eigenvalue weighted by atomic mass is 9.90. The molecule has 3 rings (SSSR count). The van der Waals surface area contributed by atoms with Crippen molar-refractivity contribution in [1.29, 1.82) is 0 Å². The molecule has 0 saturated heterocycles. The summed E-state index contributed by atoms with van der Waals surface area (Å²) in [5.74, 6) is 0.582. The zero-order valence-electron chi connectivity index (χ0n) is 12.7. The van der Waals surface area contributed by atoms with E-state index in [1.165, 1.54) is 0 Å². The van der Waals surface area contributed by atoms with Crippen LogP contribution in [0.25, 0.3) is 5.57 Å². The smallest absolute Gasteiger partial charge is 0.206 e. The van der Waals surface area contributed by atoms with Crippen LogP contribution in [0.4, 0.5) is 0 Å². The Morgan fingerprint density at radius 1 is 1.05 bits per heavy atom. The van der Waals surface area contributed by atoms with Crippen molar-refractivity contribution in [1.82, 2.24) is 0 Å². The Kier molecular flexibility index (Phi) is 3.37. The summed E-state index contributed by atoms with van der Waals surface area (Å²) < 4.78 is 31.3. The molecule has 1 aliphatic heterocycles. The molecule has 0 aromatic heterocycles. The van der Waals surface area contributed by atoms with Crippen LogP contribution in [0.2, 0.25) is 0 Å². The minimum absolute atomic E-state index is 0.239. The average Bonchev–Trinajstić information content (AvgIpc) is 2.46. The molecule has 114 valence electrons. The van der Waals surface area contributed by atoms with Gasteiger partial charge in [0.05, 0.1) is 9.79 Å². The summed E-state index contributed by atoms with van der Waals surface area (Å²) in [6.07, 6.45) is 0.727. The number of benzene rings is 2. The highest BCUT2D eigenvalue weighted by atomic mass is 32.2. The summed E-state index contributed by atoms with van der Waals surface area (Å²) in [4.78, 5) is 0.520. The molecule has 22 heavy (non-hydrogen) atoms. The molecule has 0 unspecified atom stereocenters. The zero-order valence-corrected chi connectivity index (χ0v) is 13.5. The van der Waals surface area contributed by atoms with Crippen LogP contribution < -0.4 is 4.74 Å². The average molecular weight is 314 g/mol. The van der Waals surface area contributed by atoms with Gasteiger partial charge in [0.15, 0.2) is 0 Å². The van der Waals surface area contributed by atoms with Crippen LogP contribution in [0.5, 0.6) is 5.75 Å². The number of rotatable bonds is 2. The zero-order chi connectivity index (χ0) is 16.0. The van der Waals surface area contributed by atoms with E-state index < -0.39 is 9.84 Å². The minimum atomic E-state index is -3.54. The highest BCUT2D eigenvalue weighted by molar-refractivity contribution is 7.91.